The van der Waals surface area contributed by atoms with E-state index in [-0.39, 0.29) is 5.56 Å². The highest BCUT2D eigenvalue weighted by Gasteiger charge is 2.08. The van der Waals surface area contributed by atoms with E-state index in [1.165, 1.54) is 6.07 Å². The van der Waals surface area contributed by atoms with E-state index in [4.69, 9.17) is 5.73 Å². The smallest absolute Gasteiger partial charge is 0.250 e. The van der Waals surface area contributed by atoms with Crippen LogP contribution in [0.3, 0.4) is 0 Å². The minimum atomic E-state index is 0.00474. The van der Waals surface area contributed by atoms with E-state index in [2.05, 4.69) is 25.1 Å². The summed E-state index contributed by atoms with van der Waals surface area (Å²) < 4.78 is 1.66. The minimum absolute atomic E-state index is 0.00474. The van der Waals surface area contributed by atoms with Gasteiger partial charge in [0, 0.05) is 42.8 Å². The monoisotopic (exact) mass is 255 g/mol. The van der Waals surface area contributed by atoms with Crippen LogP contribution in [0.4, 0.5) is 5.69 Å². The molecule has 0 aliphatic rings. The molecule has 0 bridgehead atoms. The van der Waals surface area contributed by atoms with Crippen molar-refractivity contribution in [2.45, 2.75) is 19.5 Å². The predicted molar refractivity (Wildman–Crippen MR) is 75.6 cm³/mol. The lowest BCUT2D eigenvalue weighted by Crippen LogP contribution is -2.35. The number of pyridine rings is 1. The number of nitrogens with two attached hydrogens (primary N) is 1. The van der Waals surface area contributed by atoms with Gasteiger partial charge >= 0.3 is 0 Å². The van der Waals surface area contributed by atoms with Crippen molar-refractivity contribution in [3.05, 3.63) is 28.7 Å². The third kappa shape index (κ3) is 4.44. The molecule has 1 heterocycles. The second-order valence-electron chi connectivity index (χ2n) is 4.28. The first-order valence-electron chi connectivity index (χ1n) is 5.69. The first-order valence-corrected chi connectivity index (χ1v) is 7.09. The van der Waals surface area contributed by atoms with Gasteiger partial charge in [0.1, 0.15) is 0 Å². The molecule has 0 amide bonds. The quantitative estimate of drug-likeness (QED) is 0.827. The van der Waals surface area contributed by atoms with E-state index in [1.807, 2.05) is 11.8 Å². The Bertz CT molecular complexity index is 405. The molecule has 0 aliphatic carbocycles. The molecule has 0 radical (unpaired) electrons. The topological polar surface area (TPSA) is 51.3 Å². The molecule has 0 aliphatic heterocycles. The largest absolute Gasteiger partial charge is 0.398 e. The Hall–Kier alpha value is -0.940. The number of likely N-dealkylation sites (N-methyl/N-ethyl adjacent to an activating group) is 1. The van der Waals surface area contributed by atoms with Crippen LogP contribution in [-0.2, 0) is 6.54 Å². The van der Waals surface area contributed by atoms with Crippen molar-refractivity contribution >= 4 is 17.4 Å². The molecule has 2 N–H and O–H groups in total. The van der Waals surface area contributed by atoms with Gasteiger partial charge in [-0.1, -0.05) is 0 Å². The SMILES string of the molecule is CSCC(C)N(C)CCn1cc(N)ccc1=O. The van der Waals surface area contributed by atoms with Crippen molar-refractivity contribution < 1.29 is 0 Å². The van der Waals surface area contributed by atoms with Crippen molar-refractivity contribution in [2.24, 2.45) is 0 Å². The second-order valence-corrected chi connectivity index (χ2v) is 5.19. The fourth-order valence-electron chi connectivity index (χ4n) is 1.58. The Balaban J connectivity index is 2.55. The number of nitrogen functional groups attached to an aromatic ring is 1. The maximum Gasteiger partial charge on any atom is 0.250 e. The molecule has 0 saturated carbocycles. The van der Waals surface area contributed by atoms with Crippen molar-refractivity contribution in [1.82, 2.24) is 9.47 Å². The Labute approximate surface area is 107 Å². The summed E-state index contributed by atoms with van der Waals surface area (Å²) in [5.41, 5.74) is 6.30. The minimum Gasteiger partial charge on any atom is -0.398 e. The zero-order chi connectivity index (χ0) is 12.8. The highest BCUT2D eigenvalue weighted by molar-refractivity contribution is 7.98. The molecule has 1 atom stereocenters. The fraction of sp³-hybridized carbons (Fsp3) is 0.583. The van der Waals surface area contributed by atoms with E-state index in [1.54, 1.807) is 16.8 Å². The Morgan fingerprint density at radius 3 is 2.88 bits per heavy atom. The van der Waals surface area contributed by atoms with Gasteiger partial charge in [0.05, 0.1) is 0 Å². The normalized spacial score (nSPS) is 12.9. The fourth-order valence-corrected chi connectivity index (χ4v) is 2.32. The summed E-state index contributed by atoms with van der Waals surface area (Å²) >= 11 is 1.84. The maximum atomic E-state index is 11.6. The molecule has 17 heavy (non-hydrogen) atoms. The summed E-state index contributed by atoms with van der Waals surface area (Å²) in [6, 6.07) is 3.67. The lowest BCUT2D eigenvalue weighted by Gasteiger charge is -2.24. The molecule has 1 aromatic heterocycles. The highest BCUT2D eigenvalue weighted by atomic mass is 32.2. The molecule has 1 aromatic rings. The predicted octanol–water partition coefficient (Wildman–Crippen LogP) is 1.11. The Morgan fingerprint density at radius 2 is 2.24 bits per heavy atom. The average molecular weight is 255 g/mol. The summed E-state index contributed by atoms with van der Waals surface area (Å²) in [5, 5.41) is 0. The molecule has 1 unspecified atom stereocenters. The van der Waals surface area contributed by atoms with Gasteiger partial charge in [0.25, 0.3) is 5.56 Å². The van der Waals surface area contributed by atoms with Gasteiger partial charge in [-0.2, -0.15) is 11.8 Å². The lowest BCUT2D eigenvalue weighted by molar-refractivity contribution is 0.265. The molecule has 5 heteroatoms. The molecule has 0 aromatic carbocycles. The van der Waals surface area contributed by atoms with Crippen LogP contribution in [0, 0.1) is 0 Å². The second kappa shape index (κ2) is 6.71. The standard InChI is InChI=1S/C12H21N3OS/c1-10(9-17-3)14(2)6-7-15-8-11(13)4-5-12(15)16/h4-5,8,10H,6-7,9,13H2,1-3H3. The van der Waals surface area contributed by atoms with Crippen LogP contribution in [0.15, 0.2) is 23.1 Å². The molecule has 0 saturated heterocycles. The zero-order valence-corrected chi connectivity index (χ0v) is 11.5. The van der Waals surface area contributed by atoms with Crippen LogP contribution in [0.1, 0.15) is 6.92 Å². The third-order valence-electron chi connectivity index (χ3n) is 2.86. The van der Waals surface area contributed by atoms with Gasteiger partial charge in [0.2, 0.25) is 0 Å². The van der Waals surface area contributed by atoms with E-state index in [0.717, 1.165) is 12.3 Å². The first kappa shape index (κ1) is 14.1. The molecule has 1 rings (SSSR count). The summed E-state index contributed by atoms with van der Waals surface area (Å²) in [5.74, 6) is 1.10. The number of thioether (sulfide) groups is 1. The van der Waals surface area contributed by atoms with Gasteiger partial charge < -0.3 is 15.2 Å². The van der Waals surface area contributed by atoms with Crippen LogP contribution < -0.4 is 11.3 Å². The first-order chi connectivity index (χ1) is 8.04. The molecule has 96 valence electrons. The molecular formula is C12H21N3OS. The van der Waals surface area contributed by atoms with Crippen molar-refractivity contribution in [3.63, 3.8) is 0 Å². The Morgan fingerprint density at radius 1 is 1.53 bits per heavy atom. The molecule has 0 spiro atoms. The number of hydrogen-bond acceptors (Lipinski definition) is 4. The van der Waals surface area contributed by atoms with Gasteiger partial charge in [-0.05, 0) is 26.3 Å². The average Bonchev–Trinajstić information content (AvgIpc) is 2.30. The van der Waals surface area contributed by atoms with Gasteiger partial charge in [-0.25, -0.2) is 0 Å². The van der Waals surface area contributed by atoms with Crippen LogP contribution in [-0.4, -0.2) is 41.1 Å². The van der Waals surface area contributed by atoms with Crippen molar-refractivity contribution in [3.8, 4) is 0 Å². The van der Waals surface area contributed by atoms with Gasteiger partial charge in [-0.3, -0.25) is 4.79 Å². The molecule has 0 fully saturated rings. The number of hydrogen-bond donors (Lipinski definition) is 1. The number of anilines is 1. The summed E-state index contributed by atoms with van der Waals surface area (Å²) in [4.78, 5) is 13.8. The van der Waals surface area contributed by atoms with E-state index < -0.39 is 0 Å². The molecule has 4 nitrogen and oxygen atoms in total. The number of rotatable bonds is 6. The summed E-state index contributed by atoms with van der Waals surface area (Å²) in [6.07, 6.45) is 3.81. The van der Waals surface area contributed by atoms with E-state index >= 15 is 0 Å². The number of aromatic nitrogens is 1. The lowest BCUT2D eigenvalue weighted by atomic mass is 10.3. The summed E-state index contributed by atoms with van der Waals surface area (Å²) in [6.45, 7) is 3.73. The van der Waals surface area contributed by atoms with Crippen molar-refractivity contribution in [2.75, 3.05) is 31.3 Å². The highest BCUT2D eigenvalue weighted by Crippen LogP contribution is 2.04. The zero-order valence-electron chi connectivity index (χ0n) is 10.7. The van der Waals surface area contributed by atoms with E-state index in [0.29, 0.717) is 18.3 Å². The maximum absolute atomic E-state index is 11.6. The van der Waals surface area contributed by atoms with Gasteiger partial charge in [0.15, 0.2) is 0 Å². The number of nitrogens with zero attached hydrogens (tertiary/aromatic N) is 2. The van der Waals surface area contributed by atoms with Crippen LogP contribution in [0.2, 0.25) is 0 Å². The van der Waals surface area contributed by atoms with Crippen LogP contribution in [0.25, 0.3) is 0 Å². The Kier molecular flexibility index (Phi) is 5.58. The third-order valence-corrected chi connectivity index (χ3v) is 3.68. The van der Waals surface area contributed by atoms with Gasteiger partial charge in [-0.15, -0.1) is 0 Å². The van der Waals surface area contributed by atoms with Crippen molar-refractivity contribution in [1.29, 1.82) is 0 Å². The van der Waals surface area contributed by atoms with E-state index in [9.17, 15) is 4.79 Å². The van der Waals surface area contributed by atoms with Crippen LogP contribution >= 0.6 is 11.8 Å². The van der Waals surface area contributed by atoms with Crippen LogP contribution in [0.5, 0.6) is 0 Å². The summed E-state index contributed by atoms with van der Waals surface area (Å²) in [7, 11) is 2.08. The molecular weight excluding hydrogens is 234 g/mol.